The van der Waals surface area contributed by atoms with Crippen LogP contribution in [0.25, 0.3) is 10.9 Å². The highest BCUT2D eigenvalue weighted by Gasteiger charge is 2.03. The van der Waals surface area contributed by atoms with Crippen molar-refractivity contribution in [3.63, 3.8) is 0 Å². The molecule has 66 valence electrons. The van der Waals surface area contributed by atoms with Gasteiger partial charge in [0.2, 0.25) is 0 Å². The van der Waals surface area contributed by atoms with Crippen LogP contribution in [0.2, 0.25) is 0 Å². The average Bonchev–Trinajstić information content (AvgIpc) is 2.16. The van der Waals surface area contributed by atoms with Crippen molar-refractivity contribution in [3.8, 4) is 5.75 Å². The fourth-order valence-corrected chi connectivity index (χ4v) is 1.48. The minimum Gasteiger partial charge on any atom is -0.383 e. The van der Waals surface area contributed by atoms with Gasteiger partial charge >= 0.3 is 0 Å². The first kappa shape index (κ1) is 8.32. The van der Waals surface area contributed by atoms with E-state index in [1.54, 1.807) is 6.20 Å². The Morgan fingerprint density at radius 2 is 2.23 bits per heavy atom. The average molecular weight is 194 g/mol. The van der Waals surface area contributed by atoms with Gasteiger partial charge in [0, 0.05) is 11.6 Å². The van der Waals surface area contributed by atoms with Gasteiger partial charge in [-0.25, -0.2) is 0 Å². The molecule has 3 heteroatoms. The van der Waals surface area contributed by atoms with Gasteiger partial charge in [0.1, 0.15) is 17.4 Å². The van der Waals surface area contributed by atoms with Gasteiger partial charge in [-0.15, -0.1) is 0 Å². The molecule has 1 aromatic heterocycles. The van der Waals surface area contributed by atoms with Crippen LogP contribution < -0.4 is 4.29 Å². The molecular formula is C10H8ClNO. The van der Waals surface area contributed by atoms with Crippen molar-refractivity contribution in [3.05, 3.63) is 36.0 Å². The summed E-state index contributed by atoms with van der Waals surface area (Å²) in [6.45, 7) is 1.99. The second-order valence-corrected chi connectivity index (χ2v) is 3.07. The number of hydrogen-bond acceptors (Lipinski definition) is 2. The van der Waals surface area contributed by atoms with Crippen LogP contribution in [-0.4, -0.2) is 4.98 Å². The fourth-order valence-electron chi connectivity index (χ4n) is 1.36. The van der Waals surface area contributed by atoms with E-state index >= 15 is 0 Å². The first-order chi connectivity index (χ1) is 6.31. The third-order valence-electron chi connectivity index (χ3n) is 1.90. The molecule has 0 bridgehead atoms. The van der Waals surface area contributed by atoms with Gasteiger partial charge in [0.05, 0.1) is 0 Å². The standard InChI is InChI=1S/C10H8ClNO/c1-7-5-8-3-2-4-12-10(8)9(6-7)13-11/h2-6H,1H3. The molecule has 0 saturated carbocycles. The van der Waals surface area contributed by atoms with Crippen molar-refractivity contribution >= 4 is 22.8 Å². The largest absolute Gasteiger partial charge is 0.383 e. The summed E-state index contributed by atoms with van der Waals surface area (Å²) in [5.74, 6) is 0.609. The zero-order valence-corrected chi connectivity index (χ0v) is 7.88. The highest BCUT2D eigenvalue weighted by atomic mass is 35.5. The molecule has 0 N–H and O–H groups in total. The Balaban J connectivity index is 2.81. The second-order valence-electron chi connectivity index (χ2n) is 2.92. The van der Waals surface area contributed by atoms with Gasteiger partial charge in [-0.3, -0.25) is 4.98 Å². The van der Waals surface area contributed by atoms with Crippen LogP contribution in [0.15, 0.2) is 30.5 Å². The third-order valence-corrected chi connectivity index (χ3v) is 2.06. The summed E-state index contributed by atoms with van der Waals surface area (Å²) in [7, 11) is 0. The van der Waals surface area contributed by atoms with Crippen LogP contribution in [0, 0.1) is 6.92 Å². The minimum absolute atomic E-state index is 0.609. The molecule has 0 atom stereocenters. The Morgan fingerprint density at radius 1 is 1.38 bits per heavy atom. The number of halogens is 1. The lowest BCUT2D eigenvalue weighted by Gasteiger charge is -2.02. The lowest BCUT2D eigenvalue weighted by Crippen LogP contribution is -1.84. The van der Waals surface area contributed by atoms with Crippen LogP contribution in [0.5, 0.6) is 5.75 Å². The van der Waals surface area contributed by atoms with E-state index in [1.165, 1.54) is 0 Å². The SMILES string of the molecule is Cc1cc(OCl)c2ncccc2c1. The van der Waals surface area contributed by atoms with Gasteiger partial charge in [0.25, 0.3) is 0 Å². The van der Waals surface area contributed by atoms with E-state index in [1.807, 2.05) is 31.2 Å². The van der Waals surface area contributed by atoms with Crippen molar-refractivity contribution < 1.29 is 4.29 Å². The first-order valence-corrected chi connectivity index (χ1v) is 4.26. The molecule has 2 nitrogen and oxygen atoms in total. The molecule has 0 saturated heterocycles. The van der Waals surface area contributed by atoms with Crippen LogP contribution in [0.3, 0.4) is 0 Å². The summed E-state index contributed by atoms with van der Waals surface area (Å²) >= 11 is 5.34. The van der Waals surface area contributed by atoms with E-state index in [9.17, 15) is 0 Å². The molecule has 0 spiro atoms. The molecule has 13 heavy (non-hydrogen) atoms. The molecule has 2 aromatic rings. The van der Waals surface area contributed by atoms with Crippen molar-refractivity contribution in [1.82, 2.24) is 4.98 Å². The van der Waals surface area contributed by atoms with E-state index in [4.69, 9.17) is 16.2 Å². The highest BCUT2D eigenvalue weighted by Crippen LogP contribution is 2.25. The maximum atomic E-state index is 5.34. The summed E-state index contributed by atoms with van der Waals surface area (Å²) in [5.41, 5.74) is 1.90. The fraction of sp³-hybridized carbons (Fsp3) is 0.100. The number of benzene rings is 1. The monoisotopic (exact) mass is 193 g/mol. The van der Waals surface area contributed by atoms with Crippen molar-refractivity contribution in [2.45, 2.75) is 6.92 Å². The Kier molecular flexibility index (Phi) is 2.07. The van der Waals surface area contributed by atoms with Gasteiger partial charge in [-0.2, -0.15) is 0 Å². The smallest absolute Gasteiger partial charge is 0.172 e. The topological polar surface area (TPSA) is 22.1 Å². The molecule has 1 aromatic carbocycles. The molecule has 2 rings (SSSR count). The Labute approximate surface area is 81.3 Å². The summed E-state index contributed by atoms with van der Waals surface area (Å²) in [5, 5.41) is 1.04. The maximum Gasteiger partial charge on any atom is 0.172 e. The summed E-state index contributed by atoms with van der Waals surface area (Å²) < 4.78 is 4.72. The van der Waals surface area contributed by atoms with E-state index in [0.29, 0.717) is 5.75 Å². The first-order valence-electron chi connectivity index (χ1n) is 3.95. The van der Waals surface area contributed by atoms with Gasteiger partial charge in [0.15, 0.2) is 5.75 Å². The predicted octanol–water partition coefficient (Wildman–Crippen LogP) is 3.08. The summed E-state index contributed by atoms with van der Waals surface area (Å²) in [6.07, 6.45) is 1.72. The zero-order valence-electron chi connectivity index (χ0n) is 7.12. The van der Waals surface area contributed by atoms with Gasteiger partial charge < -0.3 is 4.29 Å². The maximum absolute atomic E-state index is 5.34. The molecule has 1 heterocycles. The number of hydrogen-bond donors (Lipinski definition) is 0. The molecular weight excluding hydrogens is 186 g/mol. The van der Waals surface area contributed by atoms with E-state index in [2.05, 4.69) is 4.98 Å². The summed E-state index contributed by atoms with van der Waals surface area (Å²) in [4.78, 5) is 4.18. The van der Waals surface area contributed by atoms with Gasteiger partial charge in [-0.1, -0.05) is 6.07 Å². The van der Waals surface area contributed by atoms with Crippen LogP contribution >= 0.6 is 11.9 Å². The van der Waals surface area contributed by atoms with E-state index in [0.717, 1.165) is 16.5 Å². The predicted molar refractivity (Wildman–Crippen MR) is 53.0 cm³/mol. The Hall–Kier alpha value is -1.28. The van der Waals surface area contributed by atoms with Crippen molar-refractivity contribution in [2.75, 3.05) is 0 Å². The normalized spacial score (nSPS) is 10.3. The molecule has 0 aliphatic rings. The minimum atomic E-state index is 0.609. The summed E-state index contributed by atoms with van der Waals surface area (Å²) in [6, 6.07) is 7.78. The number of fused-ring (bicyclic) bond motifs is 1. The molecule has 0 radical (unpaired) electrons. The van der Waals surface area contributed by atoms with Crippen LogP contribution in [0.1, 0.15) is 5.56 Å². The number of aromatic nitrogens is 1. The second kappa shape index (κ2) is 3.23. The Bertz CT molecular complexity index is 442. The van der Waals surface area contributed by atoms with E-state index in [-0.39, 0.29) is 0 Å². The highest BCUT2D eigenvalue weighted by molar-refractivity contribution is 6.10. The van der Waals surface area contributed by atoms with Crippen LogP contribution in [0.4, 0.5) is 0 Å². The lowest BCUT2D eigenvalue weighted by atomic mass is 10.1. The third kappa shape index (κ3) is 1.45. The molecule has 0 aliphatic carbocycles. The zero-order chi connectivity index (χ0) is 9.26. The molecule has 0 unspecified atom stereocenters. The molecule has 0 fully saturated rings. The molecule has 0 amide bonds. The number of pyridine rings is 1. The molecule has 0 aliphatic heterocycles. The van der Waals surface area contributed by atoms with E-state index < -0.39 is 0 Å². The Morgan fingerprint density at radius 3 is 3.00 bits per heavy atom. The van der Waals surface area contributed by atoms with Crippen LogP contribution in [-0.2, 0) is 0 Å². The lowest BCUT2D eigenvalue weighted by molar-refractivity contribution is 0.624. The van der Waals surface area contributed by atoms with Crippen molar-refractivity contribution in [1.29, 1.82) is 0 Å². The number of aryl methyl sites for hydroxylation is 1. The van der Waals surface area contributed by atoms with Gasteiger partial charge in [-0.05, 0) is 30.7 Å². The van der Waals surface area contributed by atoms with Crippen molar-refractivity contribution in [2.24, 2.45) is 0 Å². The quantitative estimate of drug-likeness (QED) is 0.695. The number of nitrogens with zero attached hydrogens (tertiary/aromatic N) is 1. The number of rotatable bonds is 1.